The molecule has 0 radical (unpaired) electrons. The molecule has 0 bridgehead atoms. The van der Waals surface area contributed by atoms with Gasteiger partial charge in [-0.25, -0.2) is 0 Å². The molecule has 12 heavy (non-hydrogen) atoms. The van der Waals surface area contributed by atoms with Gasteiger partial charge in [-0.3, -0.25) is 4.90 Å². The van der Waals surface area contributed by atoms with Crippen LogP contribution >= 0.6 is 0 Å². The number of rotatable bonds is 2. The van der Waals surface area contributed by atoms with Crippen LogP contribution in [0.2, 0.25) is 0 Å². The van der Waals surface area contributed by atoms with Gasteiger partial charge < -0.3 is 10.8 Å². The van der Waals surface area contributed by atoms with Crippen LogP contribution in [0.25, 0.3) is 0 Å². The Hall–Kier alpha value is -0.120. The van der Waals surface area contributed by atoms with E-state index >= 15 is 0 Å². The summed E-state index contributed by atoms with van der Waals surface area (Å²) in [5, 5.41) is 9.00. The van der Waals surface area contributed by atoms with Crippen molar-refractivity contribution in [2.45, 2.75) is 31.3 Å². The lowest BCUT2D eigenvalue weighted by molar-refractivity contribution is 0.107. The van der Waals surface area contributed by atoms with Crippen molar-refractivity contribution >= 4 is 0 Å². The molecule has 70 valence electrons. The Balaban J connectivity index is 1.84. The molecule has 3 heteroatoms. The van der Waals surface area contributed by atoms with E-state index in [1.807, 2.05) is 0 Å². The van der Waals surface area contributed by atoms with Crippen molar-refractivity contribution in [3.8, 4) is 0 Å². The zero-order valence-corrected chi connectivity index (χ0v) is 7.45. The lowest BCUT2D eigenvalue weighted by Crippen LogP contribution is -2.50. The first-order valence-electron chi connectivity index (χ1n) is 4.91. The summed E-state index contributed by atoms with van der Waals surface area (Å²) in [6.07, 6.45) is 3.79. The second-order valence-corrected chi connectivity index (χ2v) is 4.12. The van der Waals surface area contributed by atoms with E-state index in [0.717, 1.165) is 25.6 Å². The number of aliphatic hydroxyl groups is 1. The highest BCUT2D eigenvalue weighted by Gasteiger charge is 2.34. The van der Waals surface area contributed by atoms with Crippen molar-refractivity contribution in [1.82, 2.24) is 4.90 Å². The second-order valence-electron chi connectivity index (χ2n) is 4.12. The normalized spacial score (nSPS) is 38.5. The van der Waals surface area contributed by atoms with Crippen molar-refractivity contribution in [2.24, 2.45) is 11.7 Å². The molecule has 0 aromatic heterocycles. The summed E-state index contributed by atoms with van der Waals surface area (Å²) < 4.78 is 0. The Morgan fingerprint density at radius 3 is 2.58 bits per heavy atom. The monoisotopic (exact) mass is 170 g/mol. The SMILES string of the molecule is NC1CN(C2CC2)CCC1CO. The Morgan fingerprint density at radius 2 is 2.08 bits per heavy atom. The van der Waals surface area contributed by atoms with Gasteiger partial charge in [0, 0.05) is 25.2 Å². The predicted octanol–water partition coefficient (Wildman–Crippen LogP) is -0.210. The largest absolute Gasteiger partial charge is 0.396 e. The zero-order chi connectivity index (χ0) is 8.55. The van der Waals surface area contributed by atoms with Crippen LogP contribution in [0.1, 0.15) is 19.3 Å². The number of aliphatic hydroxyl groups excluding tert-OH is 1. The van der Waals surface area contributed by atoms with Crippen LogP contribution in [0.5, 0.6) is 0 Å². The third kappa shape index (κ3) is 1.63. The van der Waals surface area contributed by atoms with Gasteiger partial charge in [0.25, 0.3) is 0 Å². The topological polar surface area (TPSA) is 49.5 Å². The van der Waals surface area contributed by atoms with Crippen molar-refractivity contribution in [2.75, 3.05) is 19.7 Å². The van der Waals surface area contributed by atoms with Gasteiger partial charge in [-0.15, -0.1) is 0 Å². The molecule has 2 aliphatic rings. The highest BCUT2D eigenvalue weighted by Crippen LogP contribution is 2.30. The number of likely N-dealkylation sites (tertiary alicyclic amines) is 1. The highest BCUT2D eigenvalue weighted by molar-refractivity contribution is 4.91. The van der Waals surface area contributed by atoms with E-state index in [1.54, 1.807) is 0 Å². The van der Waals surface area contributed by atoms with Gasteiger partial charge in [-0.2, -0.15) is 0 Å². The summed E-state index contributed by atoms with van der Waals surface area (Å²) in [6.45, 7) is 2.40. The van der Waals surface area contributed by atoms with Crippen LogP contribution in [0.4, 0.5) is 0 Å². The minimum atomic E-state index is 0.198. The summed E-state index contributed by atoms with van der Waals surface area (Å²) in [6, 6.07) is 1.03. The number of nitrogens with zero attached hydrogens (tertiary/aromatic N) is 1. The molecular weight excluding hydrogens is 152 g/mol. The molecule has 2 rings (SSSR count). The Labute approximate surface area is 73.5 Å². The van der Waals surface area contributed by atoms with Gasteiger partial charge in [0.05, 0.1) is 0 Å². The van der Waals surface area contributed by atoms with Crippen LogP contribution in [-0.4, -0.2) is 41.8 Å². The fourth-order valence-electron chi connectivity index (χ4n) is 2.05. The Kier molecular flexibility index (Phi) is 2.35. The van der Waals surface area contributed by atoms with Crippen molar-refractivity contribution in [3.63, 3.8) is 0 Å². The van der Waals surface area contributed by atoms with E-state index < -0.39 is 0 Å². The van der Waals surface area contributed by atoms with Gasteiger partial charge in [0.1, 0.15) is 0 Å². The number of hydrogen-bond acceptors (Lipinski definition) is 3. The minimum absolute atomic E-state index is 0.198. The van der Waals surface area contributed by atoms with Crippen LogP contribution in [-0.2, 0) is 0 Å². The molecule has 0 aromatic carbocycles. The van der Waals surface area contributed by atoms with Crippen molar-refractivity contribution in [3.05, 3.63) is 0 Å². The predicted molar refractivity (Wildman–Crippen MR) is 47.8 cm³/mol. The van der Waals surface area contributed by atoms with E-state index in [0.29, 0.717) is 5.92 Å². The standard InChI is InChI=1S/C9H18N2O/c10-9-5-11(8-1-2-8)4-3-7(9)6-12/h7-9,12H,1-6,10H2. The summed E-state index contributed by atoms with van der Waals surface area (Å²) in [5.74, 6) is 0.347. The fourth-order valence-corrected chi connectivity index (χ4v) is 2.05. The number of hydrogen-bond donors (Lipinski definition) is 2. The van der Waals surface area contributed by atoms with Gasteiger partial charge in [0.2, 0.25) is 0 Å². The molecule has 0 amide bonds. The van der Waals surface area contributed by atoms with Crippen molar-refractivity contribution in [1.29, 1.82) is 0 Å². The zero-order valence-electron chi connectivity index (χ0n) is 7.45. The average molecular weight is 170 g/mol. The lowest BCUT2D eigenvalue weighted by atomic mass is 9.93. The molecule has 2 fully saturated rings. The van der Waals surface area contributed by atoms with E-state index in [2.05, 4.69) is 4.90 Å². The Morgan fingerprint density at radius 1 is 1.33 bits per heavy atom. The van der Waals surface area contributed by atoms with Crippen molar-refractivity contribution < 1.29 is 5.11 Å². The second kappa shape index (κ2) is 3.32. The molecule has 1 aliphatic heterocycles. The fraction of sp³-hybridized carbons (Fsp3) is 1.00. The summed E-state index contributed by atoms with van der Waals surface area (Å²) in [7, 11) is 0. The molecule has 1 aliphatic carbocycles. The van der Waals surface area contributed by atoms with E-state index in [4.69, 9.17) is 10.8 Å². The first-order valence-corrected chi connectivity index (χ1v) is 4.91. The molecule has 2 unspecified atom stereocenters. The molecule has 3 N–H and O–H groups in total. The third-order valence-corrected chi connectivity index (χ3v) is 3.14. The maximum Gasteiger partial charge on any atom is 0.0475 e. The quantitative estimate of drug-likeness (QED) is 0.603. The molecule has 1 heterocycles. The maximum absolute atomic E-state index is 9.00. The van der Waals surface area contributed by atoms with Gasteiger partial charge >= 0.3 is 0 Å². The smallest absolute Gasteiger partial charge is 0.0475 e. The van der Waals surface area contributed by atoms with Crippen LogP contribution in [0, 0.1) is 5.92 Å². The summed E-state index contributed by atoms with van der Waals surface area (Å²) in [5.41, 5.74) is 5.94. The van der Waals surface area contributed by atoms with E-state index in [1.165, 1.54) is 12.8 Å². The summed E-state index contributed by atoms with van der Waals surface area (Å²) in [4.78, 5) is 2.48. The highest BCUT2D eigenvalue weighted by atomic mass is 16.3. The third-order valence-electron chi connectivity index (χ3n) is 3.14. The molecule has 3 nitrogen and oxygen atoms in total. The summed E-state index contributed by atoms with van der Waals surface area (Å²) >= 11 is 0. The molecule has 1 saturated heterocycles. The van der Waals surface area contributed by atoms with Gasteiger partial charge in [0.15, 0.2) is 0 Å². The molecule has 0 spiro atoms. The minimum Gasteiger partial charge on any atom is -0.396 e. The molecule has 0 aromatic rings. The maximum atomic E-state index is 9.00. The van der Waals surface area contributed by atoms with Crippen LogP contribution in [0.15, 0.2) is 0 Å². The number of nitrogens with two attached hydrogens (primary N) is 1. The molecular formula is C9H18N2O. The Bertz CT molecular complexity index is 159. The number of piperidine rings is 1. The first-order chi connectivity index (χ1) is 5.81. The first kappa shape index (κ1) is 8.48. The molecule has 2 atom stereocenters. The van der Waals surface area contributed by atoms with Gasteiger partial charge in [-0.05, 0) is 31.7 Å². The average Bonchev–Trinajstić information content (AvgIpc) is 2.86. The molecule has 1 saturated carbocycles. The van der Waals surface area contributed by atoms with E-state index in [-0.39, 0.29) is 12.6 Å². The van der Waals surface area contributed by atoms with E-state index in [9.17, 15) is 0 Å². The van der Waals surface area contributed by atoms with Gasteiger partial charge in [-0.1, -0.05) is 0 Å². The lowest BCUT2D eigenvalue weighted by Gasteiger charge is -2.35. The van der Waals surface area contributed by atoms with Crippen LogP contribution in [0.3, 0.4) is 0 Å². The van der Waals surface area contributed by atoms with Crippen LogP contribution < -0.4 is 5.73 Å².